The fourth-order valence-electron chi connectivity index (χ4n) is 3.48. The fraction of sp³-hybridized carbons (Fsp3) is 0.333. The maximum absolute atomic E-state index is 12.8. The number of phenolic OH excluding ortho intramolecular Hbond substituents is 1. The molecule has 1 atom stereocenters. The summed E-state index contributed by atoms with van der Waals surface area (Å²) >= 11 is 0. The maximum atomic E-state index is 12.8. The molecule has 0 aliphatic carbocycles. The smallest absolute Gasteiger partial charge is 0.267 e. The molecule has 0 saturated carbocycles. The summed E-state index contributed by atoms with van der Waals surface area (Å²) in [5.41, 5.74) is 0.314. The van der Waals surface area contributed by atoms with Gasteiger partial charge in [0.05, 0.1) is 18.1 Å². The zero-order chi connectivity index (χ0) is 21.7. The highest BCUT2D eigenvalue weighted by Gasteiger charge is 2.31. The Morgan fingerprint density at radius 1 is 1.33 bits per heavy atom. The number of hydrogen-bond acceptors (Lipinski definition) is 7. The maximum Gasteiger partial charge on any atom is 0.267 e. The number of nitriles is 1. The first-order valence-electron chi connectivity index (χ1n) is 9.43. The van der Waals surface area contributed by atoms with Crippen molar-refractivity contribution < 1.29 is 23.1 Å². The molecule has 158 valence electrons. The first-order chi connectivity index (χ1) is 14.3. The lowest BCUT2D eigenvalue weighted by molar-refractivity contribution is -0.112. The van der Waals surface area contributed by atoms with Crippen molar-refractivity contribution in [3.8, 4) is 11.8 Å². The number of carbonyl (C=O) groups is 1. The molecular weight excluding hydrogens is 406 g/mol. The molecule has 1 fully saturated rings. The second kappa shape index (κ2) is 9.15. The minimum atomic E-state index is -3.12. The summed E-state index contributed by atoms with van der Waals surface area (Å²) in [6.07, 6.45) is 1.84. The molecular formula is C21H23N3O5S. The molecule has 2 N–H and O–H groups in total. The summed E-state index contributed by atoms with van der Waals surface area (Å²) in [7, 11) is -1.60. The van der Waals surface area contributed by atoms with Gasteiger partial charge in [-0.2, -0.15) is 5.26 Å². The van der Waals surface area contributed by atoms with E-state index in [1.165, 1.54) is 13.3 Å². The number of nitrogens with one attached hydrogen (secondary N) is 1. The van der Waals surface area contributed by atoms with Gasteiger partial charge in [0.1, 0.15) is 17.4 Å². The third-order valence-electron chi connectivity index (χ3n) is 5.04. The SMILES string of the molecule is COCCN(/C=C(/C#N)C(=O)Nc1cccc2c(O)cccc12)C1CCS(=O)(=O)C1. The van der Waals surface area contributed by atoms with E-state index >= 15 is 0 Å². The number of hydrogen-bond donors (Lipinski definition) is 2. The van der Waals surface area contributed by atoms with Crippen LogP contribution in [0, 0.1) is 11.3 Å². The number of amides is 1. The van der Waals surface area contributed by atoms with Gasteiger partial charge in [-0.05, 0) is 18.6 Å². The van der Waals surface area contributed by atoms with Gasteiger partial charge in [0.25, 0.3) is 5.91 Å². The summed E-state index contributed by atoms with van der Waals surface area (Å²) in [4.78, 5) is 14.5. The molecule has 1 heterocycles. The second-order valence-electron chi connectivity index (χ2n) is 7.07. The van der Waals surface area contributed by atoms with E-state index in [0.717, 1.165) is 0 Å². The zero-order valence-electron chi connectivity index (χ0n) is 16.5. The number of anilines is 1. The molecule has 1 aliphatic heterocycles. The molecule has 9 heteroatoms. The lowest BCUT2D eigenvalue weighted by Gasteiger charge is -2.26. The Kier molecular flexibility index (Phi) is 6.59. The molecule has 0 aromatic heterocycles. The molecule has 8 nitrogen and oxygen atoms in total. The van der Waals surface area contributed by atoms with Gasteiger partial charge in [0, 0.05) is 42.4 Å². The van der Waals surface area contributed by atoms with E-state index in [0.29, 0.717) is 36.0 Å². The predicted octanol–water partition coefficient (Wildman–Crippen LogP) is 2.03. The average molecular weight is 429 g/mol. The Morgan fingerprint density at radius 3 is 2.73 bits per heavy atom. The lowest BCUT2D eigenvalue weighted by atomic mass is 10.1. The van der Waals surface area contributed by atoms with E-state index in [-0.39, 0.29) is 28.9 Å². The van der Waals surface area contributed by atoms with Gasteiger partial charge in [-0.25, -0.2) is 8.42 Å². The van der Waals surface area contributed by atoms with Crippen molar-refractivity contribution in [2.45, 2.75) is 12.5 Å². The van der Waals surface area contributed by atoms with Crippen molar-refractivity contribution in [3.05, 3.63) is 48.2 Å². The minimum absolute atomic E-state index is 0.0177. The van der Waals surface area contributed by atoms with E-state index < -0.39 is 15.7 Å². The molecule has 3 rings (SSSR count). The van der Waals surface area contributed by atoms with Crippen LogP contribution in [-0.2, 0) is 19.4 Å². The normalized spacial score (nSPS) is 18.1. The van der Waals surface area contributed by atoms with Gasteiger partial charge in [0.2, 0.25) is 0 Å². The summed E-state index contributed by atoms with van der Waals surface area (Å²) < 4.78 is 28.8. The number of carbonyl (C=O) groups excluding carboxylic acids is 1. The van der Waals surface area contributed by atoms with Crippen molar-refractivity contribution in [2.24, 2.45) is 0 Å². The van der Waals surface area contributed by atoms with Crippen molar-refractivity contribution in [1.82, 2.24) is 4.90 Å². The van der Waals surface area contributed by atoms with Gasteiger partial charge < -0.3 is 20.1 Å². The van der Waals surface area contributed by atoms with E-state index in [9.17, 15) is 23.6 Å². The zero-order valence-corrected chi connectivity index (χ0v) is 17.4. The predicted molar refractivity (Wildman–Crippen MR) is 114 cm³/mol. The third kappa shape index (κ3) is 4.90. The van der Waals surface area contributed by atoms with Gasteiger partial charge in [-0.15, -0.1) is 0 Å². The van der Waals surface area contributed by atoms with Crippen LogP contribution in [0.2, 0.25) is 0 Å². The van der Waals surface area contributed by atoms with Crippen LogP contribution in [0.4, 0.5) is 5.69 Å². The summed E-state index contributed by atoms with van der Waals surface area (Å²) in [5.74, 6) is -0.455. The number of nitrogens with zero attached hydrogens (tertiary/aromatic N) is 2. The molecule has 2 aromatic rings. The number of sulfone groups is 1. The summed E-state index contributed by atoms with van der Waals surface area (Å²) in [6, 6.07) is 11.7. The van der Waals surface area contributed by atoms with Crippen molar-refractivity contribution in [2.75, 3.05) is 37.1 Å². The molecule has 2 aromatic carbocycles. The van der Waals surface area contributed by atoms with Gasteiger partial charge in [-0.1, -0.05) is 24.3 Å². The highest BCUT2D eigenvalue weighted by atomic mass is 32.2. The Labute approximate surface area is 175 Å². The van der Waals surface area contributed by atoms with Gasteiger partial charge in [0.15, 0.2) is 9.84 Å². The Balaban J connectivity index is 1.86. The van der Waals surface area contributed by atoms with Crippen LogP contribution in [0.25, 0.3) is 10.8 Å². The Morgan fingerprint density at radius 2 is 2.07 bits per heavy atom. The first kappa shape index (κ1) is 21.6. The minimum Gasteiger partial charge on any atom is -0.507 e. The lowest BCUT2D eigenvalue weighted by Crippen LogP contribution is -2.35. The van der Waals surface area contributed by atoms with E-state index in [1.807, 2.05) is 6.07 Å². The van der Waals surface area contributed by atoms with Crippen LogP contribution in [0.15, 0.2) is 48.2 Å². The number of benzene rings is 2. The van der Waals surface area contributed by atoms with Crippen molar-refractivity contribution >= 4 is 32.2 Å². The summed E-state index contributed by atoms with van der Waals surface area (Å²) in [6.45, 7) is 0.688. The van der Waals surface area contributed by atoms with Gasteiger partial charge in [-0.3, -0.25) is 4.79 Å². The van der Waals surface area contributed by atoms with Crippen LogP contribution in [0.3, 0.4) is 0 Å². The summed E-state index contributed by atoms with van der Waals surface area (Å²) in [5, 5.41) is 23.5. The fourth-order valence-corrected chi connectivity index (χ4v) is 5.22. The van der Waals surface area contributed by atoms with E-state index in [4.69, 9.17) is 4.74 Å². The van der Waals surface area contributed by atoms with Crippen LogP contribution in [0.5, 0.6) is 5.75 Å². The topological polar surface area (TPSA) is 120 Å². The number of phenols is 1. The molecule has 1 aliphatic rings. The number of methoxy groups -OCH3 is 1. The number of fused-ring (bicyclic) bond motifs is 1. The Hall–Kier alpha value is -3.09. The first-order valence-corrected chi connectivity index (χ1v) is 11.3. The van der Waals surface area contributed by atoms with Crippen LogP contribution in [-0.4, -0.2) is 62.1 Å². The quantitative estimate of drug-likeness (QED) is 0.510. The van der Waals surface area contributed by atoms with E-state index in [1.54, 1.807) is 41.3 Å². The van der Waals surface area contributed by atoms with Crippen LogP contribution in [0.1, 0.15) is 6.42 Å². The molecule has 30 heavy (non-hydrogen) atoms. The Bertz CT molecular complexity index is 1120. The average Bonchev–Trinajstić information content (AvgIpc) is 3.08. The van der Waals surface area contributed by atoms with Crippen LogP contribution >= 0.6 is 0 Å². The molecule has 0 bridgehead atoms. The second-order valence-corrected chi connectivity index (χ2v) is 9.30. The van der Waals surface area contributed by atoms with E-state index in [2.05, 4.69) is 5.32 Å². The highest BCUT2D eigenvalue weighted by molar-refractivity contribution is 7.91. The van der Waals surface area contributed by atoms with Crippen LogP contribution < -0.4 is 5.32 Å². The molecule has 1 unspecified atom stereocenters. The van der Waals surface area contributed by atoms with Crippen molar-refractivity contribution in [1.29, 1.82) is 5.26 Å². The largest absolute Gasteiger partial charge is 0.507 e. The monoisotopic (exact) mass is 429 g/mol. The number of rotatable bonds is 7. The molecule has 1 saturated heterocycles. The van der Waals surface area contributed by atoms with Gasteiger partial charge >= 0.3 is 0 Å². The van der Waals surface area contributed by atoms with Crippen molar-refractivity contribution in [3.63, 3.8) is 0 Å². The third-order valence-corrected chi connectivity index (χ3v) is 6.79. The number of aromatic hydroxyl groups is 1. The number of ether oxygens (including phenoxy) is 1. The molecule has 1 amide bonds. The highest BCUT2D eigenvalue weighted by Crippen LogP contribution is 2.30. The molecule has 0 radical (unpaired) electrons. The standard InChI is InChI=1S/C21H23N3O5S/c1-29-10-9-24(16-8-11-30(27,28)14-16)13-15(12-22)21(26)23-19-6-2-5-18-17(19)4-3-7-20(18)25/h2-7,13,16,25H,8-11,14H2,1H3,(H,23,26)/b15-13-. The molecule has 0 spiro atoms.